The van der Waals surface area contributed by atoms with E-state index < -0.39 is 11.7 Å². The zero-order valence-corrected chi connectivity index (χ0v) is 10.2. The summed E-state index contributed by atoms with van der Waals surface area (Å²) in [5, 5.41) is 2.51. The first-order chi connectivity index (χ1) is 7.87. The first-order valence-electron chi connectivity index (χ1n) is 5.18. The van der Waals surface area contributed by atoms with Crippen LogP contribution in [0.15, 0.2) is 16.5 Å². The quantitative estimate of drug-likeness (QED) is 0.578. The fourth-order valence-electron chi connectivity index (χ4n) is 0.982. The Balaban J connectivity index is 2.33. The molecular weight excluding hydrogens is 217 g/mol. The number of carbonyl (C=O) groups is 1. The molecule has 4 nitrogen and oxygen atoms in total. The molecular formula is C12H14BNO3. The van der Waals surface area contributed by atoms with E-state index in [-0.39, 0.29) is 6.54 Å². The summed E-state index contributed by atoms with van der Waals surface area (Å²) in [5.74, 6) is 5.90. The average molecular weight is 231 g/mol. The van der Waals surface area contributed by atoms with Gasteiger partial charge in [-0.1, -0.05) is 5.92 Å². The molecule has 1 heterocycles. The molecule has 1 aromatic heterocycles. The fraction of sp³-hybridized carbons (Fsp3) is 0.417. The minimum atomic E-state index is -0.507. The number of carbonyl (C=O) groups excluding carboxylic acids is 1. The van der Waals surface area contributed by atoms with Crippen LogP contribution in [-0.4, -0.2) is 26.1 Å². The van der Waals surface area contributed by atoms with Gasteiger partial charge in [-0.3, -0.25) is 0 Å². The Morgan fingerprint density at radius 2 is 2.24 bits per heavy atom. The molecule has 0 fully saturated rings. The molecule has 1 aromatic rings. The van der Waals surface area contributed by atoms with Gasteiger partial charge in [-0.2, -0.15) is 0 Å². The summed E-state index contributed by atoms with van der Waals surface area (Å²) in [6, 6.07) is 3.28. The van der Waals surface area contributed by atoms with Crippen LogP contribution in [0.4, 0.5) is 4.79 Å². The van der Waals surface area contributed by atoms with Gasteiger partial charge in [-0.25, -0.2) is 4.79 Å². The molecule has 1 N–H and O–H groups in total. The number of ether oxygens (including phenoxy) is 1. The average Bonchev–Trinajstić information content (AvgIpc) is 2.56. The van der Waals surface area contributed by atoms with Crippen molar-refractivity contribution in [1.29, 1.82) is 0 Å². The summed E-state index contributed by atoms with van der Waals surface area (Å²) in [6.07, 6.45) is -0.495. The third-order valence-electron chi connectivity index (χ3n) is 1.56. The molecule has 0 bridgehead atoms. The van der Waals surface area contributed by atoms with Gasteiger partial charge in [-0.05, 0) is 38.8 Å². The van der Waals surface area contributed by atoms with Crippen LogP contribution in [0, 0.1) is 11.8 Å². The standard InChI is InChI=1S/C12H14BNO3/c1-12(2,3)17-11(15)14-8-4-5-9-6-7-10(13)16-9/h6-7H,8H2,1-3H3,(H,14,15). The van der Waals surface area contributed by atoms with E-state index in [0.29, 0.717) is 11.4 Å². The van der Waals surface area contributed by atoms with Gasteiger partial charge in [0.1, 0.15) is 5.60 Å². The van der Waals surface area contributed by atoms with E-state index >= 15 is 0 Å². The molecule has 0 saturated carbocycles. The SMILES string of the molecule is [B]c1ccc(C#CCNC(=O)OC(C)(C)C)o1. The lowest BCUT2D eigenvalue weighted by Crippen LogP contribution is -2.32. The Morgan fingerprint density at radius 1 is 1.53 bits per heavy atom. The summed E-state index contributed by atoms with van der Waals surface area (Å²) < 4.78 is 10.1. The van der Waals surface area contributed by atoms with Gasteiger partial charge >= 0.3 is 6.09 Å². The number of amides is 1. The lowest BCUT2D eigenvalue weighted by molar-refractivity contribution is 0.0535. The van der Waals surface area contributed by atoms with Gasteiger partial charge in [0.2, 0.25) is 0 Å². The summed E-state index contributed by atoms with van der Waals surface area (Å²) in [6.45, 7) is 5.58. The second-order valence-corrected chi connectivity index (χ2v) is 4.36. The third kappa shape index (κ3) is 5.71. The van der Waals surface area contributed by atoms with E-state index in [2.05, 4.69) is 17.2 Å². The largest absolute Gasteiger partial charge is 0.465 e. The zero-order chi connectivity index (χ0) is 12.9. The molecule has 0 unspecified atom stereocenters. The monoisotopic (exact) mass is 231 g/mol. The molecule has 0 saturated heterocycles. The molecule has 0 aliphatic carbocycles. The molecule has 1 amide bonds. The number of alkyl carbamates (subject to hydrolysis) is 1. The number of furan rings is 1. The molecule has 5 heteroatoms. The highest BCUT2D eigenvalue weighted by atomic mass is 16.6. The van der Waals surface area contributed by atoms with Crippen LogP contribution in [0.3, 0.4) is 0 Å². The Kier molecular flexibility index (Phi) is 4.27. The van der Waals surface area contributed by atoms with Crippen LogP contribution >= 0.6 is 0 Å². The van der Waals surface area contributed by atoms with Crippen molar-refractivity contribution in [3.63, 3.8) is 0 Å². The first-order valence-corrected chi connectivity index (χ1v) is 5.18. The maximum Gasteiger partial charge on any atom is 0.408 e. The number of hydrogen-bond acceptors (Lipinski definition) is 3. The topological polar surface area (TPSA) is 51.5 Å². The second-order valence-electron chi connectivity index (χ2n) is 4.36. The maximum absolute atomic E-state index is 11.2. The van der Waals surface area contributed by atoms with Crippen molar-refractivity contribution < 1.29 is 13.9 Å². The highest BCUT2D eigenvalue weighted by molar-refractivity contribution is 6.29. The van der Waals surface area contributed by atoms with Crippen molar-refractivity contribution in [3.05, 3.63) is 17.9 Å². The number of hydrogen-bond donors (Lipinski definition) is 1. The summed E-state index contributed by atoms with van der Waals surface area (Å²) >= 11 is 0. The Labute approximate surface area is 102 Å². The van der Waals surface area contributed by atoms with Crippen molar-refractivity contribution in [2.75, 3.05) is 6.54 Å². The van der Waals surface area contributed by atoms with Gasteiger partial charge in [0.15, 0.2) is 13.6 Å². The maximum atomic E-state index is 11.2. The number of rotatable bonds is 1. The molecule has 1 rings (SSSR count). The van der Waals surface area contributed by atoms with E-state index in [9.17, 15) is 4.79 Å². The predicted molar refractivity (Wildman–Crippen MR) is 65.2 cm³/mol. The Morgan fingerprint density at radius 3 is 2.76 bits per heavy atom. The minimum Gasteiger partial charge on any atom is -0.465 e. The van der Waals surface area contributed by atoms with E-state index in [1.807, 2.05) is 0 Å². The van der Waals surface area contributed by atoms with Crippen LogP contribution in [0.25, 0.3) is 0 Å². The van der Waals surface area contributed by atoms with Crippen LogP contribution in [-0.2, 0) is 4.74 Å². The smallest absolute Gasteiger partial charge is 0.408 e. The van der Waals surface area contributed by atoms with Crippen LogP contribution in [0.5, 0.6) is 0 Å². The van der Waals surface area contributed by atoms with Gasteiger partial charge in [0, 0.05) is 5.66 Å². The summed E-state index contributed by atoms with van der Waals surface area (Å²) in [5.41, 5.74) is -0.193. The minimum absolute atomic E-state index is 0.190. The van der Waals surface area contributed by atoms with Crippen molar-refractivity contribution in [1.82, 2.24) is 5.32 Å². The molecule has 17 heavy (non-hydrogen) atoms. The molecule has 0 atom stereocenters. The highest BCUT2D eigenvalue weighted by Gasteiger charge is 2.14. The van der Waals surface area contributed by atoms with Gasteiger partial charge < -0.3 is 14.5 Å². The predicted octanol–water partition coefficient (Wildman–Crippen LogP) is 0.950. The molecule has 0 aliphatic rings. The molecule has 2 radical (unpaired) electrons. The highest BCUT2D eigenvalue weighted by Crippen LogP contribution is 2.05. The zero-order valence-electron chi connectivity index (χ0n) is 10.2. The fourth-order valence-corrected chi connectivity index (χ4v) is 0.982. The number of nitrogens with one attached hydrogen (secondary N) is 1. The van der Waals surface area contributed by atoms with Crippen molar-refractivity contribution in [2.24, 2.45) is 0 Å². The van der Waals surface area contributed by atoms with E-state index in [0.717, 1.165) is 0 Å². The van der Waals surface area contributed by atoms with E-state index in [4.69, 9.17) is 17.0 Å². The van der Waals surface area contributed by atoms with Crippen molar-refractivity contribution >= 4 is 19.6 Å². The van der Waals surface area contributed by atoms with Crippen molar-refractivity contribution in [3.8, 4) is 11.8 Å². The lowest BCUT2D eigenvalue weighted by Gasteiger charge is -2.18. The molecule has 88 valence electrons. The van der Waals surface area contributed by atoms with Gasteiger partial charge in [0.25, 0.3) is 0 Å². The molecule has 0 spiro atoms. The van der Waals surface area contributed by atoms with Crippen LogP contribution in [0.2, 0.25) is 0 Å². The molecule has 0 aromatic carbocycles. The molecule has 0 aliphatic heterocycles. The normalized spacial score (nSPS) is 10.3. The first kappa shape index (κ1) is 13.2. The Bertz CT molecular complexity index is 448. The summed E-state index contributed by atoms with van der Waals surface area (Å²) in [4.78, 5) is 11.2. The Hall–Kier alpha value is -1.83. The van der Waals surface area contributed by atoms with Gasteiger partial charge in [-0.15, -0.1) is 0 Å². The summed E-state index contributed by atoms with van der Waals surface area (Å²) in [7, 11) is 5.38. The third-order valence-corrected chi connectivity index (χ3v) is 1.56. The van der Waals surface area contributed by atoms with Crippen LogP contribution < -0.4 is 11.0 Å². The van der Waals surface area contributed by atoms with Crippen LogP contribution in [0.1, 0.15) is 26.5 Å². The lowest BCUT2D eigenvalue weighted by atomic mass is 10.1. The van der Waals surface area contributed by atoms with E-state index in [1.54, 1.807) is 32.9 Å². The second kappa shape index (κ2) is 5.49. The van der Waals surface area contributed by atoms with Crippen molar-refractivity contribution in [2.45, 2.75) is 26.4 Å². The van der Waals surface area contributed by atoms with E-state index in [1.165, 1.54) is 0 Å². The van der Waals surface area contributed by atoms with Gasteiger partial charge in [0.05, 0.1) is 6.54 Å².